The molecule has 1 aromatic heterocycles. The molecule has 0 radical (unpaired) electrons. The van der Waals surface area contributed by atoms with Crippen LogP contribution in [0.5, 0.6) is 17.4 Å². The molecule has 0 atom stereocenters. The van der Waals surface area contributed by atoms with E-state index in [9.17, 15) is 9.90 Å². The van der Waals surface area contributed by atoms with Gasteiger partial charge in [0.25, 0.3) is 0 Å². The number of para-hydroxylation sites is 2. The molecule has 0 aliphatic heterocycles. The molecule has 2 aromatic carbocycles. The first-order valence-electron chi connectivity index (χ1n) is 9.21. The van der Waals surface area contributed by atoms with Crippen LogP contribution in [0.4, 0.5) is 0 Å². The van der Waals surface area contributed by atoms with Crippen LogP contribution < -0.4 is 10.5 Å². The Bertz CT molecular complexity index is 971. The Hall–Kier alpha value is -3.21. The van der Waals surface area contributed by atoms with E-state index in [-0.39, 0.29) is 11.7 Å². The number of nitrogens with two attached hydrogens (primary N) is 1. The zero-order valence-electron chi connectivity index (χ0n) is 15.0. The predicted octanol–water partition coefficient (Wildman–Crippen LogP) is 4.73. The van der Waals surface area contributed by atoms with Crippen LogP contribution >= 0.6 is 0 Å². The van der Waals surface area contributed by atoms with Gasteiger partial charge in [-0.2, -0.15) is 0 Å². The largest absolute Gasteiger partial charge is 0.504 e. The topological polar surface area (TPSA) is 77.5 Å². The van der Waals surface area contributed by atoms with E-state index >= 15 is 0 Å². The number of hydrogen-bond donors (Lipinski definition) is 2. The monoisotopic (exact) mass is 362 g/mol. The highest BCUT2D eigenvalue weighted by atomic mass is 16.5. The first-order chi connectivity index (χ1) is 13.1. The number of nitrogens with zero attached hydrogens (tertiary/aromatic N) is 1. The summed E-state index contributed by atoms with van der Waals surface area (Å²) >= 11 is 0. The molecule has 1 aliphatic carbocycles. The van der Waals surface area contributed by atoms with Gasteiger partial charge in [0.15, 0.2) is 11.5 Å². The third kappa shape index (κ3) is 3.40. The van der Waals surface area contributed by atoms with E-state index in [1.165, 1.54) is 12.8 Å². The van der Waals surface area contributed by atoms with Gasteiger partial charge in [0.2, 0.25) is 11.8 Å². The average Bonchev–Trinajstić information content (AvgIpc) is 3.35. The molecule has 0 bridgehead atoms. The minimum Gasteiger partial charge on any atom is -0.504 e. The molecule has 5 heteroatoms. The van der Waals surface area contributed by atoms with Gasteiger partial charge >= 0.3 is 0 Å². The molecule has 1 fully saturated rings. The van der Waals surface area contributed by atoms with Crippen molar-refractivity contribution in [3.63, 3.8) is 0 Å². The SMILES string of the molecule is NC(=O)c1ccc(-n2cccc2Oc2ccccc2O)cc1C1CCCC1. The molecular formula is C22H22N2O3. The maximum atomic E-state index is 11.9. The van der Waals surface area contributed by atoms with Gasteiger partial charge in [-0.15, -0.1) is 0 Å². The summed E-state index contributed by atoms with van der Waals surface area (Å²) in [6, 6.07) is 16.3. The van der Waals surface area contributed by atoms with Crippen molar-refractivity contribution in [1.29, 1.82) is 0 Å². The van der Waals surface area contributed by atoms with Crippen LogP contribution in [-0.4, -0.2) is 15.6 Å². The number of carbonyl (C=O) groups excluding carboxylic acids is 1. The third-order valence-electron chi connectivity index (χ3n) is 5.16. The van der Waals surface area contributed by atoms with Gasteiger partial charge < -0.3 is 15.6 Å². The Balaban J connectivity index is 1.72. The number of phenols is 1. The first kappa shape index (κ1) is 17.2. The fraction of sp³-hybridized carbons (Fsp3) is 0.227. The maximum absolute atomic E-state index is 11.9. The fourth-order valence-electron chi connectivity index (χ4n) is 3.82. The summed E-state index contributed by atoms with van der Waals surface area (Å²) in [4.78, 5) is 11.9. The van der Waals surface area contributed by atoms with Gasteiger partial charge in [0.1, 0.15) is 0 Å². The number of phenolic OH excluding ortho intramolecular Hbond substituents is 1. The molecule has 0 unspecified atom stereocenters. The van der Waals surface area contributed by atoms with E-state index in [0.29, 0.717) is 23.1 Å². The Morgan fingerprint density at radius 1 is 1.07 bits per heavy atom. The molecule has 1 amide bonds. The van der Waals surface area contributed by atoms with E-state index < -0.39 is 0 Å². The van der Waals surface area contributed by atoms with Crippen LogP contribution in [0.15, 0.2) is 60.8 Å². The highest BCUT2D eigenvalue weighted by Crippen LogP contribution is 2.38. The molecule has 1 saturated carbocycles. The van der Waals surface area contributed by atoms with Crippen molar-refractivity contribution in [2.24, 2.45) is 5.73 Å². The van der Waals surface area contributed by atoms with Gasteiger partial charge in [0.05, 0.1) is 0 Å². The van der Waals surface area contributed by atoms with E-state index in [1.807, 2.05) is 41.1 Å². The Kier molecular flexibility index (Phi) is 4.59. The molecule has 138 valence electrons. The summed E-state index contributed by atoms with van der Waals surface area (Å²) in [5.74, 6) is 1.04. The van der Waals surface area contributed by atoms with Gasteiger partial charge in [-0.3, -0.25) is 9.36 Å². The number of rotatable bonds is 5. The van der Waals surface area contributed by atoms with Crippen molar-refractivity contribution in [3.8, 4) is 23.1 Å². The quantitative estimate of drug-likeness (QED) is 0.689. The summed E-state index contributed by atoms with van der Waals surface area (Å²) in [6.07, 6.45) is 6.41. The van der Waals surface area contributed by atoms with Crippen LogP contribution in [0.2, 0.25) is 0 Å². The predicted molar refractivity (Wildman–Crippen MR) is 104 cm³/mol. The summed E-state index contributed by atoms with van der Waals surface area (Å²) < 4.78 is 7.80. The standard InChI is InChI=1S/C22H22N2O3/c23-22(26)17-12-11-16(14-18(17)15-6-1-2-7-15)24-13-5-10-21(24)27-20-9-4-3-8-19(20)25/h3-5,8-15,25H,1-2,6-7H2,(H2,23,26). The van der Waals surface area contributed by atoms with Crippen LogP contribution in [0.1, 0.15) is 47.5 Å². The second kappa shape index (κ2) is 7.19. The Labute approximate surface area is 158 Å². The maximum Gasteiger partial charge on any atom is 0.248 e. The van der Waals surface area contributed by atoms with Crippen molar-refractivity contribution in [2.45, 2.75) is 31.6 Å². The number of benzene rings is 2. The van der Waals surface area contributed by atoms with E-state index in [2.05, 4.69) is 0 Å². The highest BCUT2D eigenvalue weighted by Gasteiger charge is 2.22. The third-order valence-corrected chi connectivity index (χ3v) is 5.16. The summed E-state index contributed by atoms with van der Waals surface area (Å²) in [6.45, 7) is 0. The van der Waals surface area contributed by atoms with E-state index in [0.717, 1.165) is 24.1 Å². The van der Waals surface area contributed by atoms with Gasteiger partial charge in [0, 0.05) is 23.5 Å². The van der Waals surface area contributed by atoms with E-state index in [4.69, 9.17) is 10.5 Å². The molecule has 5 nitrogen and oxygen atoms in total. The number of carbonyl (C=O) groups is 1. The van der Waals surface area contributed by atoms with Gasteiger partial charge in [-0.25, -0.2) is 0 Å². The molecule has 3 N–H and O–H groups in total. The smallest absolute Gasteiger partial charge is 0.248 e. The lowest BCUT2D eigenvalue weighted by Crippen LogP contribution is -2.15. The molecular weight excluding hydrogens is 340 g/mol. The fourth-order valence-corrected chi connectivity index (χ4v) is 3.82. The van der Waals surface area contributed by atoms with Crippen molar-refractivity contribution in [1.82, 2.24) is 4.57 Å². The summed E-state index contributed by atoms with van der Waals surface area (Å²) in [5, 5.41) is 9.97. The van der Waals surface area contributed by atoms with E-state index in [1.54, 1.807) is 24.3 Å². The molecule has 1 aliphatic rings. The summed E-state index contributed by atoms with van der Waals surface area (Å²) in [5.41, 5.74) is 8.11. The molecule has 0 saturated heterocycles. The molecule has 1 heterocycles. The van der Waals surface area contributed by atoms with Crippen LogP contribution in [-0.2, 0) is 0 Å². The van der Waals surface area contributed by atoms with Crippen molar-refractivity contribution in [3.05, 3.63) is 71.9 Å². The number of ether oxygens (including phenoxy) is 1. The zero-order valence-corrected chi connectivity index (χ0v) is 15.0. The van der Waals surface area contributed by atoms with Crippen LogP contribution in [0.25, 0.3) is 5.69 Å². The van der Waals surface area contributed by atoms with Crippen molar-refractivity contribution in [2.75, 3.05) is 0 Å². The van der Waals surface area contributed by atoms with Crippen molar-refractivity contribution >= 4 is 5.91 Å². The average molecular weight is 362 g/mol. The lowest BCUT2D eigenvalue weighted by molar-refractivity contribution is 0.0999. The second-order valence-corrected chi connectivity index (χ2v) is 6.90. The Morgan fingerprint density at radius 2 is 1.85 bits per heavy atom. The second-order valence-electron chi connectivity index (χ2n) is 6.90. The zero-order chi connectivity index (χ0) is 18.8. The minimum atomic E-state index is -0.387. The van der Waals surface area contributed by atoms with Crippen molar-refractivity contribution < 1.29 is 14.6 Å². The molecule has 3 aromatic rings. The number of hydrogen-bond acceptors (Lipinski definition) is 3. The highest BCUT2D eigenvalue weighted by molar-refractivity contribution is 5.94. The number of amides is 1. The first-order valence-corrected chi connectivity index (χ1v) is 9.21. The molecule has 0 spiro atoms. The van der Waals surface area contributed by atoms with Crippen LogP contribution in [0.3, 0.4) is 0 Å². The summed E-state index contributed by atoms with van der Waals surface area (Å²) in [7, 11) is 0. The number of primary amides is 1. The lowest BCUT2D eigenvalue weighted by atomic mass is 9.92. The lowest BCUT2D eigenvalue weighted by Gasteiger charge is -2.17. The Morgan fingerprint density at radius 3 is 2.59 bits per heavy atom. The molecule has 4 rings (SSSR count). The van der Waals surface area contributed by atoms with Crippen LogP contribution in [0, 0.1) is 0 Å². The minimum absolute atomic E-state index is 0.0842. The normalized spacial score (nSPS) is 14.4. The van der Waals surface area contributed by atoms with Gasteiger partial charge in [-0.05, 0) is 60.7 Å². The molecule has 27 heavy (non-hydrogen) atoms. The number of aromatic hydroxyl groups is 1. The van der Waals surface area contributed by atoms with Gasteiger partial charge in [-0.1, -0.05) is 25.0 Å². The number of aromatic nitrogens is 1.